The van der Waals surface area contributed by atoms with E-state index in [1.54, 1.807) is 0 Å². The van der Waals surface area contributed by atoms with Gasteiger partial charge in [0.2, 0.25) is 0 Å². The highest BCUT2D eigenvalue weighted by Crippen LogP contribution is 2.57. The normalized spacial score (nSPS) is 39.0. The summed E-state index contributed by atoms with van der Waals surface area (Å²) in [6.45, 7) is 7.57. The maximum Gasteiger partial charge on any atom is 0.309 e. The summed E-state index contributed by atoms with van der Waals surface area (Å²) >= 11 is 0. The van der Waals surface area contributed by atoms with Crippen molar-refractivity contribution in [2.45, 2.75) is 43.9 Å². The Morgan fingerprint density at radius 2 is 2.15 bits per heavy atom. The van der Waals surface area contributed by atoms with E-state index in [2.05, 4.69) is 19.6 Å². The molecule has 2 nitrogen and oxygen atoms in total. The van der Waals surface area contributed by atoms with Crippen LogP contribution in [0.3, 0.4) is 0 Å². The first-order chi connectivity index (χ1) is 5.96. The zero-order valence-electron chi connectivity index (χ0n) is 8.72. The molecule has 0 aromatic carbocycles. The molecule has 0 radical (unpaired) electrons. The Balaban J connectivity index is 2.34. The van der Waals surface area contributed by atoms with E-state index in [4.69, 9.17) is 4.74 Å². The van der Waals surface area contributed by atoms with Crippen molar-refractivity contribution in [3.63, 3.8) is 0 Å². The van der Waals surface area contributed by atoms with Crippen molar-refractivity contribution >= 4 is 14.0 Å². The Labute approximate surface area is 80.7 Å². The van der Waals surface area contributed by atoms with Crippen LogP contribution in [0, 0.1) is 5.92 Å². The molecule has 0 aromatic rings. The molecule has 2 atom stereocenters. The van der Waals surface area contributed by atoms with Crippen molar-refractivity contribution < 1.29 is 9.53 Å². The molecule has 1 heterocycles. The van der Waals surface area contributed by atoms with Gasteiger partial charge in [0.05, 0.1) is 19.7 Å². The minimum absolute atomic E-state index is 0.0318. The van der Waals surface area contributed by atoms with E-state index in [0.717, 1.165) is 12.8 Å². The molecule has 1 aliphatic heterocycles. The standard InChI is InChI=1S/C10H18O2Si/c1-13(2,3)10-5-4-8(6-10)7-12-9(10)11/h8H,4-7H2,1-3H3/t8-,10-/m1/s1. The summed E-state index contributed by atoms with van der Waals surface area (Å²) in [6, 6.07) is 0. The molecule has 2 rings (SSSR count). The Kier molecular flexibility index (Phi) is 1.85. The van der Waals surface area contributed by atoms with Crippen LogP contribution in [0.2, 0.25) is 24.7 Å². The lowest BCUT2D eigenvalue weighted by Crippen LogP contribution is -2.46. The van der Waals surface area contributed by atoms with Crippen LogP contribution >= 0.6 is 0 Å². The summed E-state index contributed by atoms with van der Waals surface area (Å²) in [7, 11) is -1.40. The van der Waals surface area contributed by atoms with Crippen LogP contribution in [0.25, 0.3) is 0 Å². The number of hydrogen-bond donors (Lipinski definition) is 0. The second kappa shape index (κ2) is 2.59. The van der Waals surface area contributed by atoms with Crippen LogP contribution in [-0.4, -0.2) is 20.7 Å². The lowest BCUT2D eigenvalue weighted by molar-refractivity contribution is -0.151. The predicted molar refractivity (Wildman–Crippen MR) is 54.3 cm³/mol. The van der Waals surface area contributed by atoms with Crippen molar-refractivity contribution in [2.75, 3.05) is 6.61 Å². The fourth-order valence-electron chi connectivity index (χ4n) is 2.79. The van der Waals surface area contributed by atoms with Gasteiger partial charge < -0.3 is 4.74 Å². The van der Waals surface area contributed by atoms with E-state index < -0.39 is 8.07 Å². The molecule has 0 aromatic heterocycles. The fourth-order valence-corrected chi connectivity index (χ4v) is 5.27. The third-order valence-corrected chi connectivity index (χ3v) is 7.42. The van der Waals surface area contributed by atoms with Gasteiger partial charge >= 0.3 is 5.97 Å². The number of ether oxygens (including phenoxy) is 1. The molecular formula is C10H18O2Si. The molecule has 0 unspecified atom stereocenters. The van der Waals surface area contributed by atoms with Gasteiger partial charge in [0.1, 0.15) is 0 Å². The molecule has 0 N–H and O–H groups in total. The Morgan fingerprint density at radius 3 is 2.69 bits per heavy atom. The summed E-state index contributed by atoms with van der Waals surface area (Å²) in [5.41, 5.74) is 0. The summed E-state index contributed by atoms with van der Waals surface area (Å²) < 4.78 is 5.29. The molecular weight excluding hydrogens is 180 g/mol. The van der Waals surface area contributed by atoms with Gasteiger partial charge in [-0.25, -0.2) is 0 Å². The first-order valence-electron chi connectivity index (χ1n) is 5.13. The highest BCUT2D eigenvalue weighted by atomic mass is 28.3. The first-order valence-corrected chi connectivity index (χ1v) is 8.63. The molecule has 1 saturated heterocycles. The van der Waals surface area contributed by atoms with Gasteiger partial charge in [-0.15, -0.1) is 0 Å². The molecule has 1 saturated carbocycles. The van der Waals surface area contributed by atoms with Crippen molar-refractivity contribution in [1.29, 1.82) is 0 Å². The third kappa shape index (κ3) is 1.16. The van der Waals surface area contributed by atoms with Crippen molar-refractivity contribution in [1.82, 2.24) is 0 Å². The highest BCUT2D eigenvalue weighted by Gasteiger charge is 2.57. The van der Waals surface area contributed by atoms with Crippen LogP contribution in [0.4, 0.5) is 0 Å². The van der Waals surface area contributed by atoms with Gasteiger partial charge in [-0.05, 0) is 25.2 Å². The topological polar surface area (TPSA) is 26.3 Å². The Hall–Kier alpha value is -0.313. The van der Waals surface area contributed by atoms with Gasteiger partial charge in [-0.1, -0.05) is 19.6 Å². The van der Waals surface area contributed by atoms with E-state index in [1.165, 1.54) is 6.42 Å². The number of carbonyl (C=O) groups is 1. The fraction of sp³-hybridized carbons (Fsp3) is 0.900. The summed E-state index contributed by atoms with van der Waals surface area (Å²) in [6.07, 6.45) is 3.41. The number of esters is 1. The number of cyclic esters (lactones) is 1. The molecule has 2 bridgehead atoms. The molecule has 2 fully saturated rings. The second-order valence-electron chi connectivity index (χ2n) is 5.54. The van der Waals surface area contributed by atoms with Crippen LogP contribution in [0.5, 0.6) is 0 Å². The molecule has 1 aliphatic carbocycles. The van der Waals surface area contributed by atoms with E-state index in [-0.39, 0.29) is 11.0 Å². The summed E-state index contributed by atoms with van der Waals surface area (Å²) in [4.78, 5) is 11.8. The van der Waals surface area contributed by atoms with Crippen molar-refractivity contribution in [3.05, 3.63) is 0 Å². The summed E-state index contributed by atoms with van der Waals surface area (Å²) in [5, 5.41) is -0.0318. The van der Waals surface area contributed by atoms with Gasteiger partial charge in [-0.3, -0.25) is 4.79 Å². The van der Waals surface area contributed by atoms with E-state index >= 15 is 0 Å². The van der Waals surface area contributed by atoms with Gasteiger partial charge in [-0.2, -0.15) is 0 Å². The van der Waals surface area contributed by atoms with Crippen molar-refractivity contribution in [3.8, 4) is 0 Å². The van der Waals surface area contributed by atoms with Gasteiger partial charge in [0.25, 0.3) is 0 Å². The lowest BCUT2D eigenvalue weighted by atomic mass is 10.0. The quantitative estimate of drug-likeness (QED) is 0.478. The number of rotatable bonds is 1. The first kappa shape index (κ1) is 9.25. The highest BCUT2D eigenvalue weighted by molar-refractivity contribution is 6.82. The molecule has 3 heteroatoms. The maximum atomic E-state index is 11.8. The minimum Gasteiger partial charge on any atom is -0.465 e. The van der Waals surface area contributed by atoms with E-state index in [0.29, 0.717) is 12.5 Å². The largest absolute Gasteiger partial charge is 0.465 e. The monoisotopic (exact) mass is 198 g/mol. The SMILES string of the molecule is C[Si](C)(C)[C@@]12CC[C@@H](COC1=O)C2. The second-order valence-corrected chi connectivity index (χ2v) is 11.0. The average Bonchev–Trinajstić information content (AvgIpc) is 2.38. The molecule has 74 valence electrons. The number of hydrogen-bond acceptors (Lipinski definition) is 2. The Morgan fingerprint density at radius 1 is 1.46 bits per heavy atom. The van der Waals surface area contributed by atoms with Crippen molar-refractivity contribution in [2.24, 2.45) is 5.92 Å². The van der Waals surface area contributed by atoms with E-state index in [1.807, 2.05) is 0 Å². The maximum absolute atomic E-state index is 11.8. The summed E-state index contributed by atoms with van der Waals surface area (Å²) in [5.74, 6) is 0.782. The van der Waals surface area contributed by atoms with Crippen LogP contribution in [-0.2, 0) is 9.53 Å². The van der Waals surface area contributed by atoms with Gasteiger partial charge in [0.15, 0.2) is 0 Å². The molecule has 0 spiro atoms. The predicted octanol–water partition coefficient (Wildman–Crippen LogP) is 2.42. The molecule has 13 heavy (non-hydrogen) atoms. The van der Waals surface area contributed by atoms with E-state index in [9.17, 15) is 4.79 Å². The van der Waals surface area contributed by atoms with Gasteiger partial charge in [0, 0.05) is 0 Å². The number of carbonyl (C=O) groups excluding carboxylic acids is 1. The van der Waals surface area contributed by atoms with Crippen LogP contribution in [0.1, 0.15) is 19.3 Å². The minimum atomic E-state index is -1.40. The smallest absolute Gasteiger partial charge is 0.309 e. The Bertz CT molecular complexity index is 244. The zero-order valence-corrected chi connectivity index (χ0v) is 9.72. The van der Waals surface area contributed by atoms with Crippen LogP contribution < -0.4 is 0 Å². The average molecular weight is 198 g/mol. The number of fused-ring (bicyclic) bond motifs is 2. The zero-order chi connectivity index (χ0) is 9.69. The third-order valence-electron chi connectivity index (χ3n) is 3.89. The molecule has 2 aliphatic rings. The molecule has 0 amide bonds. The van der Waals surface area contributed by atoms with Crippen LogP contribution in [0.15, 0.2) is 0 Å². The lowest BCUT2D eigenvalue weighted by Gasteiger charge is -2.40.